The number of hydrogen-bond donors (Lipinski definition) is 1. The fourth-order valence-corrected chi connectivity index (χ4v) is 3.21. The number of likely N-dealkylation sites (N-methyl/N-ethyl adjacent to an activating group) is 1. The standard InChI is InChI=1S/C20H23FN2O/c1-23(2)19(14-8-4-3-5-9-14)13-22-20(24)17-12-16(17)15-10-6-7-11-18(15)21/h3-11,16-17,19H,12-13H2,1-2H3,(H,22,24). The van der Waals surface area contributed by atoms with Crippen LogP contribution in [0.15, 0.2) is 54.6 Å². The first-order chi connectivity index (χ1) is 11.6. The molecule has 2 aromatic carbocycles. The van der Waals surface area contributed by atoms with Crippen molar-refractivity contribution in [1.29, 1.82) is 0 Å². The molecule has 0 heterocycles. The molecule has 3 unspecified atom stereocenters. The average Bonchev–Trinajstić information content (AvgIpc) is 3.36. The molecule has 1 amide bonds. The van der Waals surface area contributed by atoms with Crippen molar-refractivity contribution in [2.45, 2.75) is 18.4 Å². The number of benzene rings is 2. The van der Waals surface area contributed by atoms with Crippen LogP contribution >= 0.6 is 0 Å². The van der Waals surface area contributed by atoms with Gasteiger partial charge in [-0.2, -0.15) is 0 Å². The van der Waals surface area contributed by atoms with E-state index >= 15 is 0 Å². The van der Waals surface area contributed by atoms with E-state index in [4.69, 9.17) is 0 Å². The van der Waals surface area contributed by atoms with Crippen LogP contribution in [0.2, 0.25) is 0 Å². The second-order valence-electron chi connectivity index (χ2n) is 6.61. The molecule has 1 aliphatic carbocycles. The van der Waals surface area contributed by atoms with Gasteiger partial charge in [-0.25, -0.2) is 4.39 Å². The van der Waals surface area contributed by atoms with E-state index in [2.05, 4.69) is 22.3 Å². The van der Waals surface area contributed by atoms with Crippen LogP contribution in [0, 0.1) is 11.7 Å². The Morgan fingerprint density at radius 1 is 1.17 bits per heavy atom. The molecule has 1 saturated carbocycles. The van der Waals surface area contributed by atoms with Crippen LogP contribution in [-0.2, 0) is 4.79 Å². The van der Waals surface area contributed by atoms with Crippen molar-refractivity contribution >= 4 is 5.91 Å². The zero-order valence-corrected chi connectivity index (χ0v) is 14.1. The third-order valence-corrected chi connectivity index (χ3v) is 4.71. The molecule has 1 fully saturated rings. The summed E-state index contributed by atoms with van der Waals surface area (Å²) in [7, 11) is 4.01. The summed E-state index contributed by atoms with van der Waals surface area (Å²) in [6.45, 7) is 0.552. The predicted octanol–water partition coefficient (Wildman–Crippen LogP) is 3.35. The van der Waals surface area contributed by atoms with Crippen LogP contribution < -0.4 is 5.32 Å². The highest BCUT2D eigenvalue weighted by atomic mass is 19.1. The summed E-state index contributed by atoms with van der Waals surface area (Å²) < 4.78 is 13.8. The van der Waals surface area contributed by atoms with Crippen LogP contribution in [0.1, 0.15) is 29.5 Å². The number of amides is 1. The topological polar surface area (TPSA) is 32.3 Å². The smallest absolute Gasteiger partial charge is 0.223 e. The quantitative estimate of drug-likeness (QED) is 0.883. The summed E-state index contributed by atoms with van der Waals surface area (Å²) in [6, 6.07) is 17.0. The predicted molar refractivity (Wildman–Crippen MR) is 93.1 cm³/mol. The van der Waals surface area contributed by atoms with Crippen LogP contribution in [-0.4, -0.2) is 31.4 Å². The fourth-order valence-electron chi connectivity index (χ4n) is 3.21. The van der Waals surface area contributed by atoms with Gasteiger partial charge in [0.25, 0.3) is 0 Å². The number of halogens is 1. The molecule has 3 rings (SSSR count). The maximum Gasteiger partial charge on any atom is 0.223 e. The summed E-state index contributed by atoms with van der Waals surface area (Å²) in [5.41, 5.74) is 1.83. The van der Waals surface area contributed by atoms with E-state index < -0.39 is 0 Å². The van der Waals surface area contributed by atoms with E-state index in [9.17, 15) is 9.18 Å². The van der Waals surface area contributed by atoms with Crippen molar-refractivity contribution in [3.63, 3.8) is 0 Å². The highest BCUT2D eigenvalue weighted by Gasteiger charge is 2.45. The minimum atomic E-state index is -0.215. The summed E-state index contributed by atoms with van der Waals surface area (Å²) in [5, 5.41) is 3.04. The number of hydrogen-bond acceptors (Lipinski definition) is 2. The van der Waals surface area contributed by atoms with Crippen molar-refractivity contribution in [1.82, 2.24) is 10.2 Å². The molecular weight excluding hydrogens is 303 g/mol. The van der Waals surface area contributed by atoms with Crippen molar-refractivity contribution in [3.8, 4) is 0 Å². The van der Waals surface area contributed by atoms with E-state index in [0.29, 0.717) is 12.1 Å². The summed E-state index contributed by atoms with van der Waals surface area (Å²) in [6.07, 6.45) is 0.727. The van der Waals surface area contributed by atoms with E-state index in [0.717, 1.165) is 6.42 Å². The minimum Gasteiger partial charge on any atom is -0.354 e. The summed E-state index contributed by atoms with van der Waals surface area (Å²) in [4.78, 5) is 14.5. The van der Waals surface area contributed by atoms with Gasteiger partial charge in [-0.05, 0) is 43.6 Å². The first-order valence-corrected chi connectivity index (χ1v) is 8.31. The third kappa shape index (κ3) is 3.65. The van der Waals surface area contributed by atoms with Crippen molar-refractivity contribution in [2.75, 3.05) is 20.6 Å². The van der Waals surface area contributed by atoms with Gasteiger partial charge in [0, 0.05) is 12.5 Å². The van der Waals surface area contributed by atoms with Crippen LogP contribution in [0.5, 0.6) is 0 Å². The zero-order chi connectivity index (χ0) is 17.1. The van der Waals surface area contributed by atoms with E-state index in [1.165, 1.54) is 11.6 Å². The van der Waals surface area contributed by atoms with Gasteiger partial charge in [0.1, 0.15) is 5.82 Å². The van der Waals surface area contributed by atoms with Gasteiger partial charge in [0.05, 0.1) is 6.04 Å². The van der Waals surface area contributed by atoms with Gasteiger partial charge >= 0.3 is 0 Å². The molecule has 1 aliphatic rings. The first-order valence-electron chi connectivity index (χ1n) is 8.31. The Labute approximate surface area is 142 Å². The Kier molecular flexibility index (Phi) is 4.95. The number of nitrogens with one attached hydrogen (secondary N) is 1. The molecular formula is C20H23FN2O. The largest absolute Gasteiger partial charge is 0.354 e. The number of nitrogens with zero attached hydrogens (tertiary/aromatic N) is 1. The number of carbonyl (C=O) groups excluding carboxylic acids is 1. The fraction of sp³-hybridized carbons (Fsp3) is 0.350. The molecule has 24 heavy (non-hydrogen) atoms. The molecule has 2 aromatic rings. The molecule has 126 valence electrons. The molecule has 0 aliphatic heterocycles. The second-order valence-corrected chi connectivity index (χ2v) is 6.61. The van der Waals surface area contributed by atoms with Crippen molar-refractivity contribution in [3.05, 3.63) is 71.5 Å². The van der Waals surface area contributed by atoms with Gasteiger partial charge in [-0.3, -0.25) is 4.79 Å². The monoisotopic (exact) mass is 326 g/mol. The molecule has 3 nitrogen and oxygen atoms in total. The maximum absolute atomic E-state index is 13.8. The van der Waals surface area contributed by atoms with Crippen molar-refractivity contribution < 1.29 is 9.18 Å². The van der Waals surface area contributed by atoms with Gasteiger partial charge in [-0.1, -0.05) is 48.5 Å². The Bertz CT molecular complexity index is 702. The average molecular weight is 326 g/mol. The Hall–Kier alpha value is -2.20. The van der Waals surface area contributed by atoms with Crippen LogP contribution in [0.25, 0.3) is 0 Å². The Balaban J connectivity index is 1.59. The van der Waals surface area contributed by atoms with E-state index in [1.807, 2.05) is 38.4 Å². The van der Waals surface area contributed by atoms with Gasteiger partial charge in [0.15, 0.2) is 0 Å². The lowest BCUT2D eigenvalue weighted by Crippen LogP contribution is -2.35. The Morgan fingerprint density at radius 2 is 1.83 bits per heavy atom. The van der Waals surface area contributed by atoms with Gasteiger partial charge in [-0.15, -0.1) is 0 Å². The molecule has 0 bridgehead atoms. The third-order valence-electron chi connectivity index (χ3n) is 4.71. The summed E-state index contributed by atoms with van der Waals surface area (Å²) >= 11 is 0. The molecule has 1 N–H and O–H groups in total. The van der Waals surface area contributed by atoms with Crippen molar-refractivity contribution in [2.24, 2.45) is 5.92 Å². The highest BCUT2D eigenvalue weighted by Crippen LogP contribution is 2.48. The molecule has 3 atom stereocenters. The molecule has 0 saturated heterocycles. The number of carbonyl (C=O) groups is 1. The first kappa shape index (κ1) is 16.7. The lowest BCUT2D eigenvalue weighted by molar-refractivity contribution is -0.122. The molecule has 0 aromatic heterocycles. The SMILES string of the molecule is CN(C)C(CNC(=O)C1CC1c1ccccc1F)c1ccccc1. The zero-order valence-electron chi connectivity index (χ0n) is 14.1. The normalized spacial score (nSPS) is 20.7. The van der Waals surface area contributed by atoms with Crippen LogP contribution in [0.4, 0.5) is 4.39 Å². The van der Waals surface area contributed by atoms with E-state index in [1.54, 1.807) is 12.1 Å². The second kappa shape index (κ2) is 7.14. The summed E-state index contributed by atoms with van der Waals surface area (Å²) in [5.74, 6) is -0.291. The van der Waals surface area contributed by atoms with Crippen LogP contribution in [0.3, 0.4) is 0 Å². The number of rotatable bonds is 6. The molecule has 0 spiro atoms. The molecule has 0 radical (unpaired) electrons. The van der Waals surface area contributed by atoms with Gasteiger partial charge < -0.3 is 10.2 Å². The maximum atomic E-state index is 13.8. The highest BCUT2D eigenvalue weighted by molar-refractivity contribution is 5.83. The Morgan fingerprint density at radius 3 is 2.50 bits per heavy atom. The lowest BCUT2D eigenvalue weighted by atomic mass is 10.1. The lowest BCUT2D eigenvalue weighted by Gasteiger charge is -2.25. The van der Waals surface area contributed by atoms with Gasteiger partial charge in [0.2, 0.25) is 5.91 Å². The minimum absolute atomic E-state index is 0.0146. The van der Waals surface area contributed by atoms with E-state index in [-0.39, 0.29) is 29.6 Å². The molecule has 4 heteroatoms.